The predicted molar refractivity (Wildman–Crippen MR) is 54.9 cm³/mol. The van der Waals surface area contributed by atoms with E-state index in [0.29, 0.717) is 17.7 Å². The number of hydrogen-bond acceptors (Lipinski definition) is 3. The third kappa shape index (κ3) is 2.25. The molecule has 2 nitrogen and oxygen atoms in total. The average Bonchev–Trinajstić information content (AvgIpc) is 2.16. The molecule has 0 aliphatic rings. The smallest absolute Gasteiger partial charge is 0.166 e. The van der Waals surface area contributed by atoms with Crippen molar-refractivity contribution in [3.63, 3.8) is 0 Å². The zero-order valence-electron chi connectivity index (χ0n) is 7.70. The minimum absolute atomic E-state index is 0.0881. The number of rotatable bonds is 3. The van der Waals surface area contributed by atoms with E-state index in [-0.39, 0.29) is 5.78 Å². The van der Waals surface area contributed by atoms with Gasteiger partial charge in [-0.15, -0.1) is 12.6 Å². The summed E-state index contributed by atoms with van der Waals surface area (Å²) in [6, 6.07) is 5.27. The molecule has 0 aromatic heterocycles. The number of carbonyl (C=O) groups excluding carboxylic acids is 1. The van der Waals surface area contributed by atoms with Crippen LogP contribution in [0.2, 0.25) is 0 Å². The number of benzene rings is 1. The van der Waals surface area contributed by atoms with Crippen molar-refractivity contribution in [2.45, 2.75) is 18.2 Å². The number of thiol groups is 1. The maximum absolute atomic E-state index is 11.4. The van der Waals surface area contributed by atoms with E-state index in [4.69, 9.17) is 4.74 Å². The summed E-state index contributed by atoms with van der Waals surface area (Å²) < 4.78 is 5.08. The van der Waals surface area contributed by atoms with Crippen molar-refractivity contribution in [1.82, 2.24) is 0 Å². The topological polar surface area (TPSA) is 26.3 Å². The third-order valence-electron chi connectivity index (χ3n) is 1.81. The van der Waals surface area contributed by atoms with Gasteiger partial charge in [-0.2, -0.15) is 0 Å². The van der Waals surface area contributed by atoms with Gasteiger partial charge in [0.1, 0.15) is 5.75 Å². The SMILES string of the molecule is CCC(=O)c1ccc(S)cc1OC. The highest BCUT2D eigenvalue weighted by Crippen LogP contribution is 2.23. The Kier molecular flexibility index (Phi) is 3.37. The Bertz CT molecular complexity index is 321. The second-order valence-corrected chi connectivity index (χ2v) is 3.18. The minimum atomic E-state index is 0.0881. The molecule has 0 radical (unpaired) electrons. The highest BCUT2D eigenvalue weighted by atomic mass is 32.1. The van der Waals surface area contributed by atoms with Gasteiger partial charge in [0.05, 0.1) is 12.7 Å². The van der Waals surface area contributed by atoms with Gasteiger partial charge in [-0.1, -0.05) is 6.92 Å². The first kappa shape index (κ1) is 10.1. The zero-order chi connectivity index (χ0) is 9.84. The molecule has 1 aromatic carbocycles. The van der Waals surface area contributed by atoms with Gasteiger partial charge in [-0.3, -0.25) is 4.79 Å². The lowest BCUT2D eigenvalue weighted by Crippen LogP contribution is -2.00. The van der Waals surface area contributed by atoms with Crippen molar-refractivity contribution in [1.29, 1.82) is 0 Å². The van der Waals surface area contributed by atoms with Gasteiger partial charge in [0.15, 0.2) is 5.78 Å². The molecule has 0 aliphatic carbocycles. The fourth-order valence-electron chi connectivity index (χ4n) is 1.10. The summed E-state index contributed by atoms with van der Waals surface area (Å²) in [5, 5.41) is 0. The molecule has 0 heterocycles. The summed E-state index contributed by atoms with van der Waals surface area (Å²) in [7, 11) is 1.55. The molecule has 0 amide bonds. The standard InChI is InChI=1S/C10H12O2S/c1-3-9(11)8-5-4-7(13)6-10(8)12-2/h4-6,13H,3H2,1-2H3. The van der Waals surface area contributed by atoms with Crippen LogP contribution in [0.5, 0.6) is 5.75 Å². The van der Waals surface area contributed by atoms with Gasteiger partial charge in [-0.25, -0.2) is 0 Å². The molecule has 0 N–H and O–H groups in total. The number of ether oxygens (including phenoxy) is 1. The summed E-state index contributed by atoms with van der Waals surface area (Å²) in [6.07, 6.45) is 0.488. The molecule has 0 fully saturated rings. The summed E-state index contributed by atoms with van der Waals surface area (Å²) >= 11 is 4.16. The van der Waals surface area contributed by atoms with Crippen molar-refractivity contribution in [2.24, 2.45) is 0 Å². The molecule has 0 saturated carbocycles. The third-order valence-corrected chi connectivity index (χ3v) is 2.08. The van der Waals surface area contributed by atoms with E-state index in [9.17, 15) is 4.79 Å². The van der Waals surface area contributed by atoms with Gasteiger partial charge in [-0.05, 0) is 18.2 Å². The number of hydrogen-bond donors (Lipinski definition) is 1. The Morgan fingerprint density at radius 1 is 1.54 bits per heavy atom. The molecule has 13 heavy (non-hydrogen) atoms. The first-order valence-corrected chi connectivity index (χ1v) is 4.54. The number of ketones is 1. The molecule has 1 rings (SSSR count). The Hall–Kier alpha value is -0.960. The second kappa shape index (κ2) is 4.33. The number of carbonyl (C=O) groups is 1. The van der Waals surface area contributed by atoms with E-state index in [1.165, 1.54) is 0 Å². The van der Waals surface area contributed by atoms with Crippen LogP contribution >= 0.6 is 12.6 Å². The molecule has 0 spiro atoms. The Labute approximate surface area is 83.3 Å². The van der Waals surface area contributed by atoms with Gasteiger partial charge in [0, 0.05) is 11.3 Å². The first-order chi connectivity index (χ1) is 6.19. The van der Waals surface area contributed by atoms with Gasteiger partial charge in [0.25, 0.3) is 0 Å². The molecule has 70 valence electrons. The van der Waals surface area contributed by atoms with Crippen molar-refractivity contribution < 1.29 is 9.53 Å². The van der Waals surface area contributed by atoms with Crippen molar-refractivity contribution in [3.8, 4) is 5.75 Å². The maximum atomic E-state index is 11.4. The van der Waals surface area contributed by atoms with E-state index in [0.717, 1.165) is 4.90 Å². The van der Waals surface area contributed by atoms with E-state index in [1.807, 2.05) is 6.92 Å². The predicted octanol–water partition coefficient (Wildman–Crippen LogP) is 2.58. The van der Waals surface area contributed by atoms with Crippen LogP contribution in [-0.2, 0) is 0 Å². The molecule has 0 unspecified atom stereocenters. The average molecular weight is 196 g/mol. The number of Topliss-reactive ketones (excluding diaryl/α,β-unsaturated/α-hetero) is 1. The van der Waals surface area contributed by atoms with Crippen molar-refractivity contribution >= 4 is 18.4 Å². The highest BCUT2D eigenvalue weighted by Gasteiger charge is 2.09. The highest BCUT2D eigenvalue weighted by molar-refractivity contribution is 7.80. The quantitative estimate of drug-likeness (QED) is 0.594. The molecule has 0 bridgehead atoms. The summed E-state index contributed by atoms with van der Waals surface area (Å²) in [4.78, 5) is 12.2. The van der Waals surface area contributed by atoms with Crippen molar-refractivity contribution in [3.05, 3.63) is 23.8 Å². The van der Waals surface area contributed by atoms with Gasteiger partial charge >= 0.3 is 0 Å². The molecule has 0 atom stereocenters. The number of methoxy groups -OCH3 is 1. The summed E-state index contributed by atoms with van der Waals surface area (Å²) in [5.74, 6) is 0.685. The maximum Gasteiger partial charge on any atom is 0.166 e. The summed E-state index contributed by atoms with van der Waals surface area (Å²) in [5.41, 5.74) is 0.628. The first-order valence-electron chi connectivity index (χ1n) is 4.09. The van der Waals surface area contributed by atoms with Crippen LogP contribution in [0.4, 0.5) is 0 Å². The molecule has 0 saturated heterocycles. The zero-order valence-corrected chi connectivity index (χ0v) is 8.60. The lowest BCUT2D eigenvalue weighted by atomic mass is 10.1. The monoisotopic (exact) mass is 196 g/mol. The normalized spacial score (nSPS) is 9.77. The molecular weight excluding hydrogens is 184 g/mol. The van der Waals surface area contributed by atoms with Crippen LogP contribution in [0.3, 0.4) is 0 Å². The van der Waals surface area contributed by atoms with E-state index < -0.39 is 0 Å². The molecule has 0 aliphatic heterocycles. The van der Waals surface area contributed by atoms with Crippen LogP contribution in [-0.4, -0.2) is 12.9 Å². The lowest BCUT2D eigenvalue weighted by Gasteiger charge is -2.06. The minimum Gasteiger partial charge on any atom is -0.496 e. The molecule has 3 heteroatoms. The fraction of sp³-hybridized carbons (Fsp3) is 0.300. The second-order valence-electron chi connectivity index (χ2n) is 2.66. The van der Waals surface area contributed by atoms with Crippen LogP contribution in [0, 0.1) is 0 Å². The fourth-order valence-corrected chi connectivity index (χ4v) is 1.29. The van der Waals surface area contributed by atoms with Crippen LogP contribution in [0.25, 0.3) is 0 Å². The molecule has 1 aromatic rings. The van der Waals surface area contributed by atoms with Gasteiger partial charge in [0.2, 0.25) is 0 Å². The Morgan fingerprint density at radius 3 is 2.77 bits per heavy atom. The summed E-state index contributed by atoms with van der Waals surface area (Å²) in [6.45, 7) is 1.83. The Morgan fingerprint density at radius 2 is 2.23 bits per heavy atom. The Balaban J connectivity index is 3.13. The van der Waals surface area contributed by atoms with Gasteiger partial charge < -0.3 is 4.74 Å². The molecular formula is C10H12O2S. The van der Waals surface area contributed by atoms with Crippen LogP contribution in [0.1, 0.15) is 23.7 Å². The largest absolute Gasteiger partial charge is 0.496 e. The van der Waals surface area contributed by atoms with E-state index in [1.54, 1.807) is 25.3 Å². The van der Waals surface area contributed by atoms with Crippen LogP contribution < -0.4 is 4.74 Å². The van der Waals surface area contributed by atoms with Crippen molar-refractivity contribution in [2.75, 3.05) is 7.11 Å². The van der Waals surface area contributed by atoms with E-state index >= 15 is 0 Å². The van der Waals surface area contributed by atoms with E-state index in [2.05, 4.69) is 12.6 Å². The lowest BCUT2D eigenvalue weighted by molar-refractivity contribution is 0.0985. The van der Waals surface area contributed by atoms with Crippen LogP contribution in [0.15, 0.2) is 23.1 Å².